The number of rotatable bonds is 4. The van der Waals surface area contributed by atoms with Crippen molar-refractivity contribution in [2.75, 3.05) is 0 Å². The molecule has 0 aliphatic carbocycles. The Morgan fingerprint density at radius 2 is 1.79 bits per heavy atom. The first-order valence-electron chi connectivity index (χ1n) is 7.37. The van der Waals surface area contributed by atoms with E-state index in [-0.39, 0.29) is 11.9 Å². The highest BCUT2D eigenvalue weighted by molar-refractivity contribution is 14.1. The van der Waals surface area contributed by atoms with E-state index in [1.807, 2.05) is 48.5 Å². The van der Waals surface area contributed by atoms with Gasteiger partial charge >= 0.3 is 0 Å². The zero-order valence-electron chi connectivity index (χ0n) is 12.6. The number of benzene rings is 2. The summed E-state index contributed by atoms with van der Waals surface area (Å²) in [7, 11) is 0. The number of halogens is 2. The molecular weight excluding hydrogens is 435 g/mol. The summed E-state index contributed by atoms with van der Waals surface area (Å²) >= 11 is 8.15. The van der Waals surface area contributed by atoms with E-state index in [1.54, 1.807) is 24.4 Å². The third-order valence-electron chi connectivity index (χ3n) is 3.57. The predicted molar refractivity (Wildman–Crippen MR) is 104 cm³/mol. The number of nitrogens with zero attached hydrogens (tertiary/aromatic N) is 1. The molecule has 1 aromatic heterocycles. The molecule has 1 atom stereocenters. The molecule has 0 saturated carbocycles. The van der Waals surface area contributed by atoms with E-state index in [0.717, 1.165) is 14.8 Å². The number of hydrogen-bond donors (Lipinski definition) is 1. The van der Waals surface area contributed by atoms with Crippen LogP contribution in [0.1, 0.15) is 27.7 Å². The molecule has 0 fully saturated rings. The van der Waals surface area contributed by atoms with Gasteiger partial charge in [-0.2, -0.15) is 0 Å². The number of pyridine rings is 1. The molecule has 3 rings (SSSR count). The summed E-state index contributed by atoms with van der Waals surface area (Å²) in [6.45, 7) is 0. The van der Waals surface area contributed by atoms with Gasteiger partial charge in [0.2, 0.25) is 0 Å². The van der Waals surface area contributed by atoms with Crippen molar-refractivity contribution in [3.63, 3.8) is 0 Å². The van der Waals surface area contributed by atoms with Crippen LogP contribution in [-0.2, 0) is 0 Å². The number of carbonyl (C=O) groups excluding carboxylic acids is 1. The summed E-state index contributed by atoms with van der Waals surface area (Å²) in [6, 6.07) is 20.4. The molecule has 1 amide bonds. The summed E-state index contributed by atoms with van der Waals surface area (Å²) in [5, 5.41) is 3.70. The van der Waals surface area contributed by atoms with Gasteiger partial charge in [-0.1, -0.05) is 48.0 Å². The zero-order valence-corrected chi connectivity index (χ0v) is 15.5. The van der Waals surface area contributed by atoms with Gasteiger partial charge in [-0.25, -0.2) is 0 Å². The van der Waals surface area contributed by atoms with E-state index in [1.165, 1.54) is 0 Å². The first kappa shape index (κ1) is 16.9. The lowest BCUT2D eigenvalue weighted by Crippen LogP contribution is -2.30. The van der Waals surface area contributed by atoms with Crippen LogP contribution in [0.2, 0.25) is 5.02 Å². The molecule has 24 heavy (non-hydrogen) atoms. The van der Waals surface area contributed by atoms with E-state index < -0.39 is 0 Å². The summed E-state index contributed by atoms with van der Waals surface area (Å²) in [5.74, 6) is -0.163. The average molecular weight is 449 g/mol. The average Bonchev–Trinajstić information content (AvgIpc) is 2.63. The van der Waals surface area contributed by atoms with Crippen LogP contribution >= 0.6 is 34.2 Å². The van der Waals surface area contributed by atoms with Crippen LogP contribution in [0, 0.1) is 3.57 Å². The number of hydrogen-bond acceptors (Lipinski definition) is 2. The van der Waals surface area contributed by atoms with Crippen molar-refractivity contribution >= 4 is 40.1 Å². The van der Waals surface area contributed by atoms with Gasteiger partial charge in [0, 0.05) is 15.3 Å². The van der Waals surface area contributed by atoms with Gasteiger partial charge in [-0.05, 0) is 58.5 Å². The third kappa shape index (κ3) is 3.94. The quantitative estimate of drug-likeness (QED) is 0.579. The van der Waals surface area contributed by atoms with Crippen LogP contribution in [-0.4, -0.2) is 10.9 Å². The van der Waals surface area contributed by atoms with E-state index in [2.05, 4.69) is 32.9 Å². The Morgan fingerprint density at radius 1 is 1.04 bits per heavy atom. The number of nitrogens with one attached hydrogen (secondary N) is 1. The fourth-order valence-electron chi connectivity index (χ4n) is 2.37. The normalized spacial score (nSPS) is 11.8. The molecule has 1 N–H and O–H groups in total. The van der Waals surface area contributed by atoms with Gasteiger partial charge < -0.3 is 5.32 Å². The Bertz CT molecular complexity index is 801. The standard InChI is InChI=1S/C19H14ClIN2O/c20-15-10-9-14(12-16(15)21)19(24)23-18(13-6-2-1-3-7-13)17-8-4-5-11-22-17/h1-12,18H,(H,23,24). The molecule has 1 heterocycles. The molecule has 2 aromatic carbocycles. The molecule has 120 valence electrons. The van der Waals surface area contributed by atoms with Crippen molar-refractivity contribution in [1.82, 2.24) is 10.3 Å². The SMILES string of the molecule is O=C(NC(c1ccccc1)c1ccccn1)c1ccc(Cl)c(I)c1. The monoisotopic (exact) mass is 448 g/mol. The lowest BCUT2D eigenvalue weighted by molar-refractivity contribution is 0.0942. The molecular formula is C19H14ClIN2O. The first-order valence-corrected chi connectivity index (χ1v) is 8.82. The minimum Gasteiger partial charge on any atom is -0.340 e. The molecule has 0 aliphatic rings. The zero-order chi connectivity index (χ0) is 16.9. The topological polar surface area (TPSA) is 42.0 Å². The molecule has 0 bridgehead atoms. The molecule has 5 heteroatoms. The van der Waals surface area contributed by atoms with Gasteiger partial charge in [0.25, 0.3) is 5.91 Å². The van der Waals surface area contributed by atoms with Crippen molar-refractivity contribution in [3.05, 3.63) is 98.3 Å². The van der Waals surface area contributed by atoms with Crippen molar-refractivity contribution in [3.8, 4) is 0 Å². The fraction of sp³-hybridized carbons (Fsp3) is 0.0526. The first-order chi connectivity index (χ1) is 11.6. The maximum atomic E-state index is 12.7. The molecule has 0 radical (unpaired) electrons. The van der Waals surface area contributed by atoms with E-state index in [0.29, 0.717) is 10.6 Å². The second-order valence-corrected chi connectivity index (χ2v) is 6.77. The number of carbonyl (C=O) groups is 1. The van der Waals surface area contributed by atoms with Gasteiger partial charge in [0.15, 0.2) is 0 Å². The molecule has 0 spiro atoms. The van der Waals surface area contributed by atoms with Crippen LogP contribution in [0.5, 0.6) is 0 Å². The second-order valence-electron chi connectivity index (χ2n) is 5.20. The summed E-state index contributed by atoms with van der Waals surface area (Å²) in [5.41, 5.74) is 2.34. The van der Waals surface area contributed by atoms with Crippen molar-refractivity contribution < 1.29 is 4.79 Å². The minimum atomic E-state index is -0.312. The van der Waals surface area contributed by atoms with Gasteiger partial charge in [0.1, 0.15) is 0 Å². The van der Waals surface area contributed by atoms with Crippen molar-refractivity contribution in [2.24, 2.45) is 0 Å². The van der Waals surface area contributed by atoms with Crippen molar-refractivity contribution in [2.45, 2.75) is 6.04 Å². The Morgan fingerprint density at radius 3 is 2.46 bits per heavy atom. The lowest BCUT2D eigenvalue weighted by atomic mass is 10.0. The summed E-state index contributed by atoms with van der Waals surface area (Å²) in [4.78, 5) is 17.1. The summed E-state index contributed by atoms with van der Waals surface area (Å²) < 4.78 is 0.844. The third-order valence-corrected chi connectivity index (χ3v) is 5.11. The minimum absolute atomic E-state index is 0.163. The Hall–Kier alpha value is -1.92. The highest BCUT2D eigenvalue weighted by Crippen LogP contribution is 2.22. The fourth-order valence-corrected chi connectivity index (χ4v) is 3.00. The van der Waals surface area contributed by atoms with Gasteiger partial charge in [0.05, 0.1) is 16.8 Å². The predicted octanol–water partition coefficient (Wildman–Crippen LogP) is 4.86. The van der Waals surface area contributed by atoms with Gasteiger partial charge in [-0.3, -0.25) is 9.78 Å². The molecule has 0 saturated heterocycles. The molecule has 3 aromatic rings. The maximum absolute atomic E-state index is 12.7. The smallest absolute Gasteiger partial charge is 0.252 e. The van der Waals surface area contributed by atoms with Crippen LogP contribution in [0.15, 0.2) is 72.9 Å². The highest BCUT2D eigenvalue weighted by Gasteiger charge is 2.19. The highest BCUT2D eigenvalue weighted by atomic mass is 127. The van der Waals surface area contributed by atoms with Crippen LogP contribution in [0.4, 0.5) is 0 Å². The van der Waals surface area contributed by atoms with Crippen LogP contribution in [0.3, 0.4) is 0 Å². The van der Waals surface area contributed by atoms with Crippen LogP contribution in [0.25, 0.3) is 0 Å². The summed E-state index contributed by atoms with van der Waals surface area (Å²) in [6.07, 6.45) is 1.72. The Labute approximate surface area is 159 Å². The lowest BCUT2D eigenvalue weighted by Gasteiger charge is -2.19. The van der Waals surface area contributed by atoms with E-state index >= 15 is 0 Å². The van der Waals surface area contributed by atoms with Crippen LogP contribution < -0.4 is 5.32 Å². The maximum Gasteiger partial charge on any atom is 0.252 e. The Kier molecular flexibility index (Phi) is 5.48. The Balaban J connectivity index is 1.92. The molecule has 0 aliphatic heterocycles. The van der Waals surface area contributed by atoms with E-state index in [4.69, 9.17) is 11.6 Å². The van der Waals surface area contributed by atoms with Gasteiger partial charge in [-0.15, -0.1) is 0 Å². The van der Waals surface area contributed by atoms with E-state index in [9.17, 15) is 4.79 Å². The molecule has 1 unspecified atom stereocenters. The molecule has 3 nitrogen and oxygen atoms in total. The van der Waals surface area contributed by atoms with Crippen molar-refractivity contribution in [1.29, 1.82) is 0 Å². The second kappa shape index (κ2) is 7.77. The number of amides is 1. The largest absolute Gasteiger partial charge is 0.340 e. The number of aromatic nitrogens is 1.